The van der Waals surface area contributed by atoms with Crippen molar-refractivity contribution in [2.24, 2.45) is 0 Å². The Kier molecular flexibility index (Phi) is 5.07. The van der Waals surface area contributed by atoms with Crippen molar-refractivity contribution in [1.29, 1.82) is 0 Å². The second-order valence-corrected chi connectivity index (χ2v) is 7.69. The Bertz CT molecular complexity index is 929. The Morgan fingerprint density at radius 1 is 1.11 bits per heavy atom. The molecule has 28 heavy (non-hydrogen) atoms. The minimum atomic E-state index is -4.44. The van der Waals surface area contributed by atoms with E-state index >= 15 is 0 Å². The molecule has 2 aromatic heterocycles. The number of piperazine rings is 1. The molecule has 1 aromatic carbocycles. The van der Waals surface area contributed by atoms with Crippen molar-refractivity contribution in [2.45, 2.75) is 19.6 Å². The van der Waals surface area contributed by atoms with Gasteiger partial charge in [-0.25, -0.2) is 4.68 Å². The molecular weight excluding hydrogens is 389 g/mol. The van der Waals surface area contributed by atoms with Crippen molar-refractivity contribution in [3.63, 3.8) is 0 Å². The second kappa shape index (κ2) is 7.51. The number of alkyl halides is 3. The lowest BCUT2D eigenvalue weighted by molar-refractivity contribution is -0.138. The van der Waals surface area contributed by atoms with Crippen LogP contribution in [0.25, 0.3) is 5.69 Å². The molecule has 0 bridgehead atoms. The predicted molar refractivity (Wildman–Crippen MR) is 101 cm³/mol. The molecule has 0 radical (unpaired) electrons. The molecule has 0 saturated carbocycles. The molecule has 3 heterocycles. The summed E-state index contributed by atoms with van der Waals surface area (Å²) < 4.78 is 40.1. The fourth-order valence-electron chi connectivity index (χ4n) is 3.27. The number of rotatable bonds is 4. The van der Waals surface area contributed by atoms with Gasteiger partial charge in [-0.15, -0.1) is 10.2 Å². The molecule has 1 fully saturated rings. The quantitative estimate of drug-likeness (QED) is 0.663. The Hall–Kier alpha value is -2.46. The normalized spacial score (nSPS) is 15.9. The van der Waals surface area contributed by atoms with E-state index in [0.717, 1.165) is 25.3 Å². The van der Waals surface area contributed by atoms with Crippen LogP contribution in [0.1, 0.15) is 16.1 Å². The lowest BCUT2D eigenvalue weighted by Gasteiger charge is -2.34. The molecule has 148 valence electrons. The summed E-state index contributed by atoms with van der Waals surface area (Å²) in [5.41, 5.74) is 3.39. The number of aromatic nitrogens is 4. The average Bonchev–Trinajstić information content (AvgIpc) is 3.34. The molecule has 6 nitrogen and oxygen atoms in total. The third-order valence-corrected chi connectivity index (χ3v) is 5.71. The topological polar surface area (TPSA) is 50.1 Å². The van der Waals surface area contributed by atoms with Gasteiger partial charge in [-0.2, -0.15) is 18.3 Å². The van der Waals surface area contributed by atoms with Crippen LogP contribution in [0.15, 0.2) is 36.7 Å². The summed E-state index contributed by atoms with van der Waals surface area (Å²) in [4.78, 5) is 4.16. The van der Waals surface area contributed by atoms with E-state index in [9.17, 15) is 13.2 Å². The highest BCUT2D eigenvalue weighted by Gasteiger charge is 2.36. The Balaban J connectivity index is 1.43. The summed E-state index contributed by atoms with van der Waals surface area (Å²) in [6, 6.07) is 8.17. The van der Waals surface area contributed by atoms with Crippen molar-refractivity contribution < 1.29 is 13.2 Å². The molecule has 1 saturated heterocycles. The standard InChI is InChI=1S/C18H19F3N6S/c1-13-3-4-15(27-6-2-5-22-27)14(11-13)12-25-7-9-26(10-8-25)17-24-23-16(28-17)18(19,20)21/h2-6,11H,7-10,12H2,1H3. The van der Waals surface area contributed by atoms with Crippen molar-refractivity contribution >= 4 is 16.5 Å². The third-order valence-electron chi connectivity index (χ3n) is 4.68. The van der Waals surface area contributed by atoms with Gasteiger partial charge in [-0.3, -0.25) is 4.90 Å². The highest BCUT2D eigenvalue weighted by atomic mass is 32.1. The highest BCUT2D eigenvalue weighted by Crippen LogP contribution is 2.34. The third kappa shape index (κ3) is 4.02. The first kappa shape index (κ1) is 18.9. The molecule has 1 aliphatic heterocycles. The summed E-state index contributed by atoms with van der Waals surface area (Å²) in [5, 5.41) is 10.8. The summed E-state index contributed by atoms with van der Waals surface area (Å²) in [6.07, 6.45) is -0.773. The summed E-state index contributed by atoms with van der Waals surface area (Å²) in [6.45, 7) is 5.54. The Morgan fingerprint density at radius 2 is 1.89 bits per heavy atom. The summed E-state index contributed by atoms with van der Waals surface area (Å²) in [7, 11) is 0. The largest absolute Gasteiger partial charge is 0.445 e. The molecule has 0 spiro atoms. The van der Waals surface area contributed by atoms with E-state index in [-0.39, 0.29) is 0 Å². The average molecular weight is 408 g/mol. The minimum Gasteiger partial charge on any atom is -0.344 e. The van der Waals surface area contributed by atoms with Gasteiger partial charge < -0.3 is 4.90 Å². The van der Waals surface area contributed by atoms with Crippen molar-refractivity contribution in [1.82, 2.24) is 24.9 Å². The maximum Gasteiger partial charge on any atom is 0.445 e. The van der Waals surface area contributed by atoms with Gasteiger partial charge in [0.05, 0.1) is 5.69 Å². The van der Waals surface area contributed by atoms with Crippen LogP contribution in [0, 0.1) is 6.92 Å². The van der Waals surface area contributed by atoms with Gasteiger partial charge in [0.2, 0.25) is 10.1 Å². The Morgan fingerprint density at radius 3 is 2.54 bits per heavy atom. The molecule has 4 rings (SSSR count). The van der Waals surface area contributed by atoms with Gasteiger partial charge >= 0.3 is 6.18 Å². The van der Waals surface area contributed by atoms with E-state index < -0.39 is 11.2 Å². The fourth-order valence-corrected chi connectivity index (χ4v) is 4.04. The predicted octanol–water partition coefficient (Wildman–Crippen LogP) is 3.37. The van der Waals surface area contributed by atoms with E-state index in [4.69, 9.17) is 0 Å². The maximum absolute atomic E-state index is 12.7. The molecular formula is C18H19F3N6S. The molecule has 0 amide bonds. The number of halogens is 3. The Labute approximate surface area is 164 Å². The number of aryl methyl sites for hydroxylation is 1. The van der Waals surface area contributed by atoms with Crippen LogP contribution in [0.4, 0.5) is 18.3 Å². The second-order valence-electron chi connectivity index (χ2n) is 6.73. The van der Waals surface area contributed by atoms with Crippen LogP contribution in [0.3, 0.4) is 0 Å². The van der Waals surface area contributed by atoms with Crippen LogP contribution in [0.2, 0.25) is 0 Å². The zero-order valence-corrected chi connectivity index (χ0v) is 16.0. The van der Waals surface area contributed by atoms with Gasteiger partial charge in [-0.05, 0) is 24.6 Å². The van der Waals surface area contributed by atoms with Gasteiger partial charge in [0.15, 0.2) is 0 Å². The monoisotopic (exact) mass is 408 g/mol. The molecule has 1 aliphatic rings. The molecule has 10 heteroatoms. The molecule has 0 N–H and O–H groups in total. The number of benzene rings is 1. The highest BCUT2D eigenvalue weighted by molar-refractivity contribution is 7.15. The number of nitrogens with zero attached hydrogens (tertiary/aromatic N) is 6. The maximum atomic E-state index is 12.7. The minimum absolute atomic E-state index is 0.333. The zero-order valence-electron chi connectivity index (χ0n) is 15.2. The smallest absolute Gasteiger partial charge is 0.344 e. The molecule has 0 atom stereocenters. The van der Waals surface area contributed by atoms with E-state index in [2.05, 4.69) is 45.3 Å². The fraction of sp³-hybridized carbons (Fsp3) is 0.389. The lowest BCUT2D eigenvalue weighted by atomic mass is 10.1. The van der Waals surface area contributed by atoms with Crippen LogP contribution >= 0.6 is 11.3 Å². The summed E-state index contributed by atoms with van der Waals surface area (Å²) in [5.74, 6) is 0. The van der Waals surface area contributed by atoms with Crippen LogP contribution in [-0.2, 0) is 12.7 Å². The van der Waals surface area contributed by atoms with Crippen molar-refractivity contribution in [3.8, 4) is 5.69 Å². The van der Waals surface area contributed by atoms with E-state index in [1.54, 1.807) is 6.20 Å². The number of anilines is 1. The van der Waals surface area contributed by atoms with Crippen LogP contribution in [-0.4, -0.2) is 51.1 Å². The van der Waals surface area contributed by atoms with E-state index in [1.165, 1.54) is 11.1 Å². The first-order valence-electron chi connectivity index (χ1n) is 8.88. The van der Waals surface area contributed by atoms with E-state index in [1.807, 2.05) is 21.8 Å². The first-order valence-corrected chi connectivity index (χ1v) is 9.69. The van der Waals surface area contributed by atoms with Gasteiger partial charge in [0.25, 0.3) is 0 Å². The van der Waals surface area contributed by atoms with Crippen molar-refractivity contribution in [3.05, 3.63) is 52.8 Å². The van der Waals surface area contributed by atoms with E-state index in [0.29, 0.717) is 29.6 Å². The molecule has 0 unspecified atom stereocenters. The lowest BCUT2D eigenvalue weighted by Crippen LogP contribution is -2.46. The number of hydrogen-bond acceptors (Lipinski definition) is 6. The van der Waals surface area contributed by atoms with Gasteiger partial charge in [0.1, 0.15) is 0 Å². The molecule has 3 aromatic rings. The first-order chi connectivity index (χ1) is 13.4. The SMILES string of the molecule is Cc1ccc(-n2cccn2)c(CN2CCN(c3nnc(C(F)(F)F)s3)CC2)c1. The zero-order chi connectivity index (χ0) is 19.7. The van der Waals surface area contributed by atoms with Crippen molar-refractivity contribution in [2.75, 3.05) is 31.1 Å². The van der Waals surface area contributed by atoms with Crippen LogP contribution in [0.5, 0.6) is 0 Å². The summed E-state index contributed by atoms with van der Waals surface area (Å²) >= 11 is 0.603. The van der Waals surface area contributed by atoms with Gasteiger partial charge in [0, 0.05) is 45.1 Å². The number of hydrogen-bond donors (Lipinski definition) is 0. The molecule has 0 aliphatic carbocycles. The van der Waals surface area contributed by atoms with Crippen LogP contribution < -0.4 is 4.90 Å². The van der Waals surface area contributed by atoms with Gasteiger partial charge in [-0.1, -0.05) is 29.0 Å².